The number of aryl methyl sites for hydroxylation is 1. The number of anilines is 1. The zero-order valence-corrected chi connectivity index (χ0v) is 19.4. The number of nitrogens with zero attached hydrogens (tertiary/aromatic N) is 4. The molecule has 5 nitrogen and oxygen atoms in total. The van der Waals surface area contributed by atoms with Crippen molar-refractivity contribution >= 4 is 43.2 Å². The van der Waals surface area contributed by atoms with E-state index in [0.29, 0.717) is 10.6 Å². The van der Waals surface area contributed by atoms with Gasteiger partial charge >= 0.3 is 0 Å². The van der Waals surface area contributed by atoms with Crippen LogP contribution in [0, 0.1) is 12.8 Å². The van der Waals surface area contributed by atoms with Crippen molar-refractivity contribution in [2.45, 2.75) is 47.5 Å². The Balaban J connectivity index is 0.000000537. The number of allylic oxidation sites excluding steroid dienone is 3. The zero-order chi connectivity index (χ0) is 21.7. The molecule has 0 aliphatic carbocycles. The van der Waals surface area contributed by atoms with E-state index in [0.717, 1.165) is 45.7 Å². The molecule has 0 aliphatic rings. The number of fused-ring (bicyclic) bond motifs is 3. The van der Waals surface area contributed by atoms with Crippen molar-refractivity contribution < 1.29 is 0 Å². The molecule has 0 amide bonds. The predicted octanol–water partition coefficient (Wildman–Crippen LogP) is 5.87. The van der Waals surface area contributed by atoms with Crippen molar-refractivity contribution in [1.82, 2.24) is 14.5 Å². The lowest BCUT2D eigenvalue weighted by molar-refractivity contribution is 0.835. The molecule has 0 N–H and O–H groups in total. The quantitative estimate of drug-likeness (QED) is 0.492. The lowest BCUT2D eigenvalue weighted by Gasteiger charge is -2.14. The highest BCUT2D eigenvalue weighted by Gasteiger charge is 2.18. The molecule has 0 aromatic carbocycles. The average molecular weight is 413 g/mol. The molecule has 3 rings (SSSR count). The maximum Gasteiger partial charge on any atom is 0.275 e. The second kappa shape index (κ2) is 9.83. The van der Waals surface area contributed by atoms with Crippen molar-refractivity contribution in [3.63, 3.8) is 0 Å². The Morgan fingerprint density at radius 3 is 2.52 bits per heavy atom. The van der Waals surface area contributed by atoms with Gasteiger partial charge in [0.05, 0.1) is 16.6 Å². The second-order valence-corrected chi connectivity index (χ2v) is 8.49. The molecule has 3 aromatic rings. The molecule has 6 heteroatoms. The van der Waals surface area contributed by atoms with Crippen LogP contribution in [0.25, 0.3) is 26.1 Å². The van der Waals surface area contributed by atoms with Crippen LogP contribution in [0.5, 0.6) is 0 Å². The van der Waals surface area contributed by atoms with E-state index in [2.05, 4.69) is 50.3 Å². The molecule has 0 saturated heterocycles. The van der Waals surface area contributed by atoms with E-state index in [-0.39, 0.29) is 5.56 Å². The Bertz CT molecular complexity index is 1090. The number of thiophene rings is 1. The topological polar surface area (TPSA) is 51.0 Å². The van der Waals surface area contributed by atoms with Crippen LogP contribution in [0.15, 0.2) is 35.9 Å². The molecule has 0 spiro atoms. The maximum atomic E-state index is 13.0. The van der Waals surface area contributed by atoms with E-state index in [4.69, 9.17) is 0 Å². The van der Waals surface area contributed by atoms with Crippen LogP contribution >= 0.6 is 11.3 Å². The van der Waals surface area contributed by atoms with Gasteiger partial charge in [0.2, 0.25) is 0 Å². The zero-order valence-electron chi connectivity index (χ0n) is 18.6. The van der Waals surface area contributed by atoms with Gasteiger partial charge in [-0.1, -0.05) is 39.8 Å². The second-order valence-electron chi connectivity index (χ2n) is 7.49. The van der Waals surface area contributed by atoms with E-state index in [1.807, 2.05) is 38.1 Å². The van der Waals surface area contributed by atoms with E-state index in [1.54, 1.807) is 10.9 Å². The Labute approximate surface area is 177 Å². The number of rotatable bonds is 5. The van der Waals surface area contributed by atoms with Crippen molar-refractivity contribution in [3.05, 3.63) is 47.2 Å². The molecule has 0 atom stereocenters. The molecular formula is C23H32N4OS. The molecule has 0 aliphatic heterocycles. The van der Waals surface area contributed by atoms with E-state index < -0.39 is 0 Å². The number of pyridine rings is 1. The maximum absolute atomic E-state index is 13.0. The summed E-state index contributed by atoms with van der Waals surface area (Å²) in [6.07, 6.45) is 7.34. The van der Waals surface area contributed by atoms with E-state index >= 15 is 0 Å². The van der Waals surface area contributed by atoms with Gasteiger partial charge in [0.25, 0.3) is 5.56 Å². The van der Waals surface area contributed by atoms with Gasteiger partial charge in [0, 0.05) is 25.5 Å². The van der Waals surface area contributed by atoms with Crippen molar-refractivity contribution in [2.24, 2.45) is 5.92 Å². The fraction of sp³-hybridized carbons (Fsp3) is 0.435. The molecule has 0 unspecified atom stereocenters. The van der Waals surface area contributed by atoms with Crippen LogP contribution in [0.4, 0.5) is 5.69 Å². The first-order valence-corrected chi connectivity index (χ1v) is 10.9. The Kier molecular flexibility index (Phi) is 7.73. The summed E-state index contributed by atoms with van der Waals surface area (Å²) in [6.45, 7) is 13.9. The lowest BCUT2D eigenvalue weighted by Crippen LogP contribution is -2.18. The minimum absolute atomic E-state index is 0.00749. The lowest BCUT2D eigenvalue weighted by atomic mass is 10.2. The first-order valence-electron chi connectivity index (χ1n) is 10.1. The third-order valence-corrected chi connectivity index (χ3v) is 5.58. The summed E-state index contributed by atoms with van der Waals surface area (Å²) in [5.74, 6) is 0.648. The number of hydrogen-bond acceptors (Lipinski definition) is 5. The van der Waals surface area contributed by atoms with Gasteiger partial charge < -0.3 is 4.90 Å². The van der Waals surface area contributed by atoms with Crippen LogP contribution in [0.1, 0.15) is 46.2 Å². The van der Waals surface area contributed by atoms with Gasteiger partial charge in [-0.2, -0.15) is 0 Å². The summed E-state index contributed by atoms with van der Waals surface area (Å²) in [5.41, 5.74) is 3.73. The van der Waals surface area contributed by atoms with Crippen LogP contribution in [-0.4, -0.2) is 28.6 Å². The standard InChI is InChI=1S/C18H22N4OS.C5H10/c1-6-8-12(7-2)22-10-19-15-14-13(21(4)5)9-11(3)20-17(14)24-16(15)18(22)23;1-4-5(2)3/h8-10H,6-7H2,1-5H3;4-5H,1H2,2-3H3/b12-8+;. The highest BCUT2D eigenvalue weighted by Crippen LogP contribution is 2.36. The molecule has 0 bridgehead atoms. The normalized spacial score (nSPS) is 11.7. The summed E-state index contributed by atoms with van der Waals surface area (Å²) in [7, 11) is 4.00. The van der Waals surface area contributed by atoms with Crippen molar-refractivity contribution in [2.75, 3.05) is 19.0 Å². The molecule has 29 heavy (non-hydrogen) atoms. The minimum atomic E-state index is -0.00749. The summed E-state index contributed by atoms with van der Waals surface area (Å²) in [4.78, 5) is 25.1. The Hall–Kier alpha value is -2.47. The fourth-order valence-electron chi connectivity index (χ4n) is 2.93. The summed E-state index contributed by atoms with van der Waals surface area (Å²) in [5, 5.41) is 0.965. The molecule has 0 fully saturated rings. The summed E-state index contributed by atoms with van der Waals surface area (Å²) in [6, 6.07) is 2.04. The van der Waals surface area contributed by atoms with Crippen LogP contribution < -0.4 is 10.5 Å². The van der Waals surface area contributed by atoms with Gasteiger partial charge in [0.15, 0.2) is 0 Å². The van der Waals surface area contributed by atoms with E-state index in [9.17, 15) is 4.79 Å². The third-order valence-electron chi connectivity index (χ3n) is 4.52. The summed E-state index contributed by atoms with van der Waals surface area (Å²) < 4.78 is 2.34. The molecule has 0 radical (unpaired) electrons. The fourth-order valence-corrected chi connectivity index (χ4v) is 4.06. The Morgan fingerprint density at radius 1 is 1.34 bits per heavy atom. The van der Waals surface area contributed by atoms with Crippen molar-refractivity contribution in [3.8, 4) is 0 Å². The van der Waals surface area contributed by atoms with Crippen LogP contribution in [-0.2, 0) is 0 Å². The van der Waals surface area contributed by atoms with Gasteiger partial charge in [-0.15, -0.1) is 17.9 Å². The highest BCUT2D eigenvalue weighted by atomic mass is 32.1. The predicted molar refractivity (Wildman–Crippen MR) is 128 cm³/mol. The Morgan fingerprint density at radius 2 is 2.00 bits per heavy atom. The van der Waals surface area contributed by atoms with Gasteiger partial charge in [-0.25, -0.2) is 9.97 Å². The molecule has 156 valence electrons. The molecular weight excluding hydrogens is 380 g/mol. The first kappa shape index (κ1) is 22.8. The number of hydrogen-bond donors (Lipinski definition) is 0. The first-order chi connectivity index (χ1) is 13.7. The minimum Gasteiger partial charge on any atom is -0.377 e. The summed E-state index contributed by atoms with van der Waals surface area (Å²) >= 11 is 1.43. The molecule has 3 heterocycles. The van der Waals surface area contributed by atoms with Gasteiger partial charge in [-0.3, -0.25) is 9.36 Å². The molecule has 3 aromatic heterocycles. The third kappa shape index (κ3) is 4.93. The highest BCUT2D eigenvalue weighted by molar-refractivity contribution is 7.25. The smallest absolute Gasteiger partial charge is 0.275 e. The van der Waals surface area contributed by atoms with Crippen LogP contribution in [0.2, 0.25) is 0 Å². The monoisotopic (exact) mass is 412 g/mol. The van der Waals surface area contributed by atoms with Gasteiger partial charge in [-0.05, 0) is 31.7 Å². The largest absolute Gasteiger partial charge is 0.377 e. The average Bonchev–Trinajstić information content (AvgIpc) is 3.05. The SMILES string of the molecule is C=CC(C)C.CC/C=C(\CC)n1cnc2c(sc3nc(C)cc(N(C)C)c32)c1=O. The molecule has 0 saturated carbocycles. The van der Waals surface area contributed by atoms with Gasteiger partial charge in [0.1, 0.15) is 15.9 Å². The number of aromatic nitrogens is 3. The van der Waals surface area contributed by atoms with E-state index in [1.165, 1.54) is 11.3 Å². The van der Waals surface area contributed by atoms with Crippen molar-refractivity contribution in [1.29, 1.82) is 0 Å². The van der Waals surface area contributed by atoms with Crippen LogP contribution in [0.3, 0.4) is 0 Å².